The third kappa shape index (κ3) is 3.82. The predicted octanol–water partition coefficient (Wildman–Crippen LogP) is 0.180. The molecule has 0 amide bonds. The first-order valence-corrected chi connectivity index (χ1v) is 2.64. The Morgan fingerprint density at radius 3 is 2.50 bits per heavy atom. The van der Waals surface area contributed by atoms with E-state index < -0.39 is 12.1 Å². The van der Waals surface area contributed by atoms with Crippen LogP contribution in [0.15, 0.2) is 5.16 Å². The number of rotatable bonds is 3. The van der Waals surface area contributed by atoms with Crippen LogP contribution in [0.25, 0.3) is 0 Å². The molecule has 58 valence electrons. The number of nitrogens with zero attached hydrogens (tertiary/aromatic N) is 1. The minimum Gasteiger partial charge on any atom is -0.385 e. The predicted molar refractivity (Wildman–Crippen MR) is 34.0 cm³/mol. The van der Waals surface area contributed by atoms with E-state index in [1.54, 1.807) is 0 Å². The fourth-order valence-corrected chi connectivity index (χ4v) is 0.204. The van der Waals surface area contributed by atoms with E-state index in [-0.39, 0.29) is 5.84 Å². The van der Waals surface area contributed by atoms with Crippen LogP contribution < -0.4 is 5.73 Å². The van der Waals surface area contributed by atoms with Crippen molar-refractivity contribution in [2.24, 2.45) is 10.9 Å². The van der Waals surface area contributed by atoms with Crippen molar-refractivity contribution in [3.05, 3.63) is 0 Å². The van der Waals surface area contributed by atoms with Crippen LogP contribution in [0, 0.1) is 0 Å². The molecule has 0 aliphatic carbocycles. The van der Waals surface area contributed by atoms with Gasteiger partial charge in [-0.15, -0.1) is 0 Å². The van der Waals surface area contributed by atoms with Gasteiger partial charge in [-0.2, -0.15) is 4.39 Å². The fraction of sp³-hybridized carbons (Fsp3) is 0.600. The molecular weight excluding hydrogens is 139 g/mol. The molecule has 0 rings (SSSR count). The molecule has 0 aromatic rings. The van der Waals surface area contributed by atoms with E-state index in [0.29, 0.717) is 0 Å². The maximum Gasteiger partial charge on any atom is 0.321 e. The Hall–Kier alpha value is -1.13. The molecular formula is C5H9FN2O2. The average molecular weight is 148 g/mol. The van der Waals surface area contributed by atoms with Crippen molar-refractivity contribution in [3.63, 3.8) is 0 Å². The SMILES string of the molecule is CC(=O)C(F)ON=C(C)N. The first-order valence-electron chi connectivity index (χ1n) is 2.64. The largest absolute Gasteiger partial charge is 0.385 e. The number of ketones is 1. The summed E-state index contributed by atoms with van der Waals surface area (Å²) in [5.74, 6) is -0.658. The number of halogens is 1. The van der Waals surface area contributed by atoms with Crippen LogP contribution in [0.5, 0.6) is 0 Å². The molecule has 0 saturated carbocycles. The summed E-state index contributed by atoms with van der Waals surface area (Å²) in [6, 6.07) is 0. The monoisotopic (exact) mass is 148 g/mol. The molecule has 1 unspecified atom stereocenters. The van der Waals surface area contributed by atoms with Crippen LogP contribution in [-0.2, 0) is 9.63 Å². The van der Waals surface area contributed by atoms with Crippen molar-refractivity contribution in [1.29, 1.82) is 0 Å². The molecule has 0 aromatic heterocycles. The summed E-state index contributed by atoms with van der Waals surface area (Å²) >= 11 is 0. The summed E-state index contributed by atoms with van der Waals surface area (Å²) in [4.78, 5) is 14.2. The van der Waals surface area contributed by atoms with E-state index in [4.69, 9.17) is 5.73 Å². The van der Waals surface area contributed by atoms with Gasteiger partial charge in [-0.05, 0) is 6.92 Å². The summed E-state index contributed by atoms with van der Waals surface area (Å²) in [6.07, 6.45) is -2.00. The molecule has 10 heavy (non-hydrogen) atoms. The van der Waals surface area contributed by atoms with Gasteiger partial charge in [0.1, 0.15) is 5.84 Å². The number of alkyl halides is 1. The van der Waals surface area contributed by atoms with Crippen LogP contribution in [0.2, 0.25) is 0 Å². The van der Waals surface area contributed by atoms with Gasteiger partial charge >= 0.3 is 6.36 Å². The van der Waals surface area contributed by atoms with E-state index in [1.165, 1.54) is 6.92 Å². The number of carbonyl (C=O) groups is 1. The standard InChI is InChI=1S/C5H9FN2O2/c1-3(9)5(6)10-8-4(2)7/h5H,1-2H3,(H2,7,8). The fourth-order valence-electron chi connectivity index (χ4n) is 0.204. The van der Waals surface area contributed by atoms with E-state index in [2.05, 4.69) is 9.99 Å². The third-order valence-electron chi connectivity index (χ3n) is 0.609. The molecule has 1 atom stereocenters. The maximum atomic E-state index is 12.2. The van der Waals surface area contributed by atoms with Crippen molar-refractivity contribution >= 4 is 11.6 Å². The lowest BCUT2D eigenvalue weighted by Gasteiger charge is -2.00. The molecule has 0 spiro atoms. The number of oxime groups is 1. The van der Waals surface area contributed by atoms with E-state index >= 15 is 0 Å². The van der Waals surface area contributed by atoms with E-state index in [9.17, 15) is 9.18 Å². The molecule has 0 aliphatic rings. The normalized spacial score (nSPS) is 14.5. The van der Waals surface area contributed by atoms with Crippen LogP contribution in [0.1, 0.15) is 13.8 Å². The van der Waals surface area contributed by atoms with Gasteiger partial charge in [-0.1, -0.05) is 5.16 Å². The first kappa shape index (κ1) is 8.87. The molecule has 5 heteroatoms. The Balaban J connectivity index is 3.70. The van der Waals surface area contributed by atoms with Crippen molar-refractivity contribution in [2.75, 3.05) is 0 Å². The van der Waals surface area contributed by atoms with Gasteiger partial charge in [0.15, 0.2) is 0 Å². The lowest BCUT2D eigenvalue weighted by Crippen LogP contribution is -2.15. The molecule has 4 nitrogen and oxygen atoms in total. The van der Waals surface area contributed by atoms with E-state index in [1.807, 2.05) is 0 Å². The zero-order chi connectivity index (χ0) is 8.15. The highest BCUT2D eigenvalue weighted by molar-refractivity contribution is 5.79. The van der Waals surface area contributed by atoms with Crippen molar-refractivity contribution in [1.82, 2.24) is 0 Å². The zero-order valence-corrected chi connectivity index (χ0v) is 5.80. The molecule has 0 heterocycles. The maximum absolute atomic E-state index is 12.2. The van der Waals surface area contributed by atoms with Gasteiger partial charge in [-0.3, -0.25) is 4.79 Å². The highest BCUT2D eigenvalue weighted by Crippen LogP contribution is 1.94. The van der Waals surface area contributed by atoms with Crippen molar-refractivity contribution in [3.8, 4) is 0 Å². The van der Waals surface area contributed by atoms with Gasteiger partial charge in [0, 0.05) is 6.92 Å². The van der Waals surface area contributed by atoms with Gasteiger partial charge < -0.3 is 10.6 Å². The Bertz CT molecular complexity index is 154. The molecule has 0 saturated heterocycles. The molecule has 0 aliphatic heterocycles. The minimum atomic E-state index is -2.00. The number of hydrogen-bond donors (Lipinski definition) is 1. The van der Waals surface area contributed by atoms with E-state index in [0.717, 1.165) is 6.92 Å². The third-order valence-corrected chi connectivity index (χ3v) is 0.609. The smallest absolute Gasteiger partial charge is 0.321 e. The summed E-state index contributed by atoms with van der Waals surface area (Å²) in [7, 11) is 0. The highest BCUT2D eigenvalue weighted by Gasteiger charge is 2.11. The first-order chi connectivity index (χ1) is 4.54. The van der Waals surface area contributed by atoms with Crippen molar-refractivity contribution in [2.45, 2.75) is 20.2 Å². The minimum absolute atomic E-state index is 0.0731. The molecule has 0 radical (unpaired) electrons. The van der Waals surface area contributed by atoms with Crippen molar-refractivity contribution < 1.29 is 14.0 Å². The second-order valence-corrected chi connectivity index (χ2v) is 1.76. The van der Waals surface area contributed by atoms with Gasteiger partial charge in [0.25, 0.3) is 0 Å². The lowest BCUT2D eigenvalue weighted by molar-refractivity contribution is -0.139. The Morgan fingerprint density at radius 1 is 1.70 bits per heavy atom. The van der Waals surface area contributed by atoms with Crippen LogP contribution in [0.4, 0.5) is 4.39 Å². The summed E-state index contributed by atoms with van der Waals surface area (Å²) in [6.45, 7) is 2.49. The second-order valence-electron chi connectivity index (χ2n) is 1.76. The van der Waals surface area contributed by atoms with Gasteiger partial charge in [0.2, 0.25) is 5.78 Å². The molecule has 0 aromatic carbocycles. The zero-order valence-electron chi connectivity index (χ0n) is 5.80. The van der Waals surface area contributed by atoms with Crippen LogP contribution in [0.3, 0.4) is 0 Å². The molecule has 0 bridgehead atoms. The Morgan fingerprint density at radius 2 is 2.20 bits per heavy atom. The number of carbonyl (C=O) groups excluding carboxylic acids is 1. The number of nitrogens with two attached hydrogens (primary N) is 1. The summed E-state index contributed by atoms with van der Waals surface area (Å²) in [5, 5.41) is 3.04. The summed E-state index contributed by atoms with van der Waals surface area (Å²) in [5.41, 5.74) is 4.99. The van der Waals surface area contributed by atoms with Crippen LogP contribution in [-0.4, -0.2) is 18.0 Å². The Kier molecular flexibility index (Phi) is 3.38. The van der Waals surface area contributed by atoms with Gasteiger partial charge in [0.05, 0.1) is 0 Å². The molecule has 0 fully saturated rings. The van der Waals surface area contributed by atoms with Crippen LogP contribution >= 0.6 is 0 Å². The topological polar surface area (TPSA) is 64.7 Å². The highest BCUT2D eigenvalue weighted by atomic mass is 19.1. The summed E-state index contributed by atoms with van der Waals surface area (Å²) < 4.78 is 12.2. The number of Topliss-reactive ketones (excluding diaryl/α,β-unsaturated/α-hetero) is 1. The Labute approximate surface area is 57.8 Å². The average Bonchev–Trinajstić information content (AvgIpc) is 1.82. The molecule has 2 N–H and O–H groups in total. The quantitative estimate of drug-likeness (QED) is 0.352. The number of hydrogen-bond acceptors (Lipinski definition) is 3. The second kappa shape index (κ2) is 3.81. The van der Waals surface area contributed by atoms with Gasteiger partial charge in [-0.25, -0.2) is 0 Å². The number of amidine groups is 1. The lowest BCUT2D eigenvalue weighted by atomic mass is 10.5.